The van der Waals surface area contributed by atoms with Gasteiger partial charge in [0.15, 0.2) is 0 Å². The lowest BCUT2D eigenvalue weighted by Gasteiger charge is -1.49. The van der Waals surface area contributed by atoms with Gasteiger partial charge in [-0.3, -0.25) is 0 Å². The summed E-state index contributed by atoms with van der Waals surface area (Å²) in [7, 11) is 3.00. The van der Waals surface area contributed by atoms with Crippen LogP contribution in [0.5, 0.6) is 0 Å². The van der Waals surface area contributed by atoms with Crippen molar-refractivity contribution in [1.82, 2.24) is 15.0 Å². The molecule has 3 aromatic heterocycles. The van der Waals surface area contributed by atoms with E-state index in [-0.39, 0.29) is 0 Å². The minimum atomic E-state index is 1.88. The van der Waals surface area contributed by atoms with E-state index in [4.69, 9.17) is 4.32 Å². The van der Waals surface area contributed by atoms with Crippen LogP contribution in [0.3, 0.4) is 0 Å². The van der Waals surface area contributed by atoms with Crippen molar-refractivity contribution in [2.45, 2.75) is 0 Å². The molecule has 0 atom stereocenters. The second kappa shape index (κ2) is 13.8. The number of rotatable bonds is 0. The van der Waals surface area contributed by atoms with Crippen LogP contribution >= 0.6 is 0 Å². The van der Waals surface area contributed by atoms with Crippen molar-refractivity contribution < 1.29 is 4.32 Å². The van der Waals surface area contributed by atoms with Crippen molar-refractivity contribution in [3.63, 3.8) is 0 Å². The molecule has 0 aromatic carbocycles. The Balaban J connectivity index is 0.000000211. The van der Waals surface area contributed by atoms with Crippen molar-refractivity contribution in [2.24, 2.45) is 0 Å². The maximum Gasteiger partial charge on any atom is 0.350 e. The number of aromatic nitrogens is 3. The standard InChI is InChI=1S/3C4H5N.BF/c3*1-2-4-5-3-1;1-2/h3*1-5H;. The molecule has 5 heteroatoms. The van der Waals surface area contributed by atoms with E-state index < -0.39 is 0 Å². The normalized spacial score (nSPS) is 7.35. The van der Waals surface area contributed by atoms with Crippen molar-refractivity contribution in [3.05, 3.63) is 73.6 Å². The first-order valence-electron chi connectivity index (χ1n) is 4.95. The molecular formula is C12H15BFN3. The Hall–Kier alpha value is -2.17. The van der Waals surface area contributed by atoms with E-state index in [9.17, 15) is 0 Å². The van der Waals surface area contributed by atoms with E-state index >= 15 is 0 Å². The lowest BCUT2D eigenvalue weighted by atomic mass is 10.7. The highest BCUT2D eigenvalue weighted by Crippen LogP contribution is 1.73. The van der Waals surface area contributed by atoms with E-state index in [1.807, 2.05) is 73.6 Å². The predicted octanol–water partition coefficient (Wildman–Crippen LogP) is 3.08. The topological polar surface area (TPSA) is 47.4 Å². The van der Waals surface area contributed by atoms with E-state index in [1.54, 1.807) is 0 Å². The van der Waals surface area contributed by atoms with Crippen LogP contribution in [0, 0.1) is 0 Å². The van der Waals surface area contributed by atoms with Crippen molar-refractivity contribution >= 4 is 8.12 Å². The van der Waals surface area contributed by atoms with Gasteiger partial charge in [-0.15, -0.1) is 0 Å². The van der Waals surface area contributed by atoms with Gasteiger partial charge < -0.3 is 19.3 Å². The highest BCUT2D eigenvalue weighted by Gasteiger charge is 1.56. The van der Waals surface area contributed by atoms with E-state index in [0.717, 1.165) is 0 Å². The molecule has 3 rings (SSSR count). The Morgan fingerprint density at radius 1 is 0.471 bits per heavy atom. The molecule has 3 aromatic rings. The summed E-state index contributed by atoms with van der Waals surface area (Å²) in [5.41, 5.74) is 0. The third-order valence-electron chi connectivity index (χ3n) is 1.49. The molecule has 0 fully saturated rings. The lowest BCUT2D eigenvalue weighted by molar-refractivity contribution is 0.902. The van der Waals surface area contributed by atoms with Gasteiger partial charge in [0.1, 0.15) is 0 Å². The number of nitrogens with one attached hydrogen (secondary N) is 3. The maximum atomic E-state index is 9.00. The average Bonchev–Trinajstić information content (AvgIpc) is 3.16. The molecule has 0 aliphatic heterocycles. The van der Waals surface area contributed by atoms with Crippen LogP contribution in [0.25, 0.3) is 0 Å². The molecule has 0 bridgehead atoms. The number of halogens is 1. The molecule has 3 nitrogen and oxygen atoms in total. The molecule has 0 saturated heterocycles. The minimum Gasteiger partial charge on any atom is -0.368 e. The van der Waals surface area contributed by atoms with Crippen LogP contribution in [-0.2, 0) is 0 Å². The van der Waals surface area contributed by atoms with Crippen molar-refractivity contribution in [3.8, 4) is 0 Å². The summed E-state index contributed by atoms with van der Waals surface area (Å²) in [5, 5.41) is 0. The average molecular weight is 231 g/mol. The smallest absolute Gasteiger partial charge is 0.350 e. The van der Waals surface area contributed by atoms with Crippen LogP contribution in [0.15, 0.2) is 73.6 Å². The van der Waals surface area contributed by atoms with Gasteiger partial charge in [0.2, 0.25) is 0 Å². The van der Waals surface area contributed by atoms with Gasteiger partial charge in [-0.1, -0.05) is 0 Å². The van der Waals surface area contributed by atoms with E-state index in [0.29, 0.717) is 0 Å². The van der Waals surface area contributed by atoms with Gasteiger partial charge in [-0.25, -0.2) is 0 Å². The zero-order valence-electron chi connectivity index (χ0n) is 9.38. The van der Waals surface area contributed by atoms with Crippen LogP contribution in [0.4, 0.5) is 4.32 Å². The first kappa shape index (κ1) is 14.8. The first-order chi connectivity index (χ1) is 8.50. The molecule has 0 saturated carbocycles. The van der Waals surface area contributed by atoms with Crippen LogP contribution in [0.2, 0.25) is 0 Å². The summed E-state index contributed by atoms with van der Waals surface area (Å²) in [4.78, 5) is 8.58. The predicted molar refractivity (Wildman–Crippen MR) is 69.2 cm³/mol. The second-order valence-corrected chi connectivity index (χ2v) is 2.65. The Morgan fingerprint density at radius 3 is 0.706 bits per heavy atom. The van der Waals surface area contributed by atoms with Crippen LogP contribution in [-0.4, -0.2) is 23.1 Å². The quantitative estimate of drug-likeness (QED) is 0.498. The van der Waals surface area contributed by atoms with Gasteiger partial charge in [0.05, 0.1) is 0 Å². The number of hydrogen-bond donors (Lipinski definition) is 3. The summed E-state index contributed by atoms with van der Waals surface area (Å²) >= 11 is 0. The monoisotopic (exact) mass is 231 g/mol. The number of aromatic amines is 3. The summed E-state index contributed by atoms with van der Waals surface area (Å²) in [5.74, 6) is 0. The molecular weight excluding hydrogens is 216 g/mol. The van der Waals surface area contributed by atoms with Gasteiger partial charge in [0.25, 0.3) is 0 Å². The number of H-pyrrole nitrogens is 3. The molecule has 3 N–H and O–H groups in total. The van der Waals surface area contributed by atoms with Crippen LogP contribution < -0.4 is 0 Å². The van der Waals surface area contributed by atoms with Crippen LogP contribution in [0.1, 0.15) is 0 Å². The molecule has 0 amide bonds. The van der Waals surface area contributed by atoms with Gasteiger partial charge >= 0.3 is 8.12 Å². The summed E-state index contributed by atoms with van der Waals surface area (Å²) in [6.45, 7) is 0. The first-order valence-corrected chi connectivity index (χ1v) is 4.95. The SMILES string of the molecule is [B]F.c1cc[nH]c1.c1cc[nH]c1.c1cc[nH]c1. The summed E-state index contributed by atoms with van der Waals surface area (Å²) < 4.78 is 9.00. The molecule has 0 spiro atoms. The summed E-state index contributed by atoms with van der Waals surface area (Å²) in [6, 6.07) is 11.7. The van der Waals surface area contributed by atoms with E-state index in [2.05, 4.69) is 23.1 Å². The van der Waals surface area contributed by atoms with E-state index in [1.165, 1.54) is 0 Å². The van der Waals surface area contributed by atoms with Gasteiger partial charge in [-0.05, 0) is 36.4 Å². The number of hydrogen-bond acceptors (Lipinski definition) is 0. The zero-order valence-corrected chi connectivity index (χ0v) is 9.38. The molecule has 0 aliphatic rings. The van der Waals surface area contributed by atoms with Crippen molar-refractivity contribution in [2.75, 3.05) is 0 Å². The third kappa shape index (κ3) is 11.8. The Morgan fingerprint density at radius 2 is 0.647 bits per heavy atom. The molecule has 0 aliphatic carbocycles. The zero-order chi connectivity index (χ0) is 12.6. The van der Waals surface area contributed by atoms with Gasteiger partial charge in [-0.2, -0.15) is 0 Å². The fourth-order valence-corrected chi connectivity index (χ4v) is 0.833. The summed E-state index contributed by atoms with van der Waals surface area (Å²) in [6.07, 6.45) is 11.2. The molecule has 3 heterocycles. The molecule has 0 unspecified atom stereocenters. The van der Waals surface area contributed by atoms with Gasteiger partial charge in [0, 0.05) is 37.2 Å². The highest BCUT2D eigenvalue weighted by atomic mass is 19.1. The maximum absolute atomic E-state index is 9.00. The molecule has 2 radical (unpaired) electrons. The molecule has 88 valence electrons. The fraction of sp³-hybridized carbons (Fsp3) is 0. The largest absolute Gasteiger partial charge is 0.368 e. The molecule has 17 heavy (non-hydrogen) atoms. The Kier molecular flexibility index (Phi) is 12.1. The van der Waals surface area contributed by atoms with Crippen molar-refractivity contribution in [1.29, 1.82) is 0 Å². The Bertz CT molecular complexity index is 254. The second-order valence-electron chi connectivity index (χ2n) is 2.65. The lowest BCUT2D eigenvalue weighted by Crippen LogP contribution is -1.38. The Labute approximate surface area is 102 Å². The minimum absolute atomic E-state index is 1.88. The highest BCUT2D eigenvalue weighted by molar-refractivity contribution is 5.96. The fourth-order valence-electron chi connectivity index (χ4n) is 0.833. The third-order valence-corrected chi connectivity index (χ3v) is 1.49.